The van der Waals surface area contributed by atoms with Crippen molar-refractivity contribution in [2.75, 3.05) is 6.61 Å². The van der Waals surface area contributed by atoms with Gasteiger partial charge >= 0.3 is 5.97 Å². The Morgan fingerprint density at radius 3 is 2.75 bits per heavy atom. The van der Waals surface area contributed by atoms with Crippen LogP contribution in [0.25, 0.3) is 0 Å². The molecule has 0 fully saturated rings. The zero-order valence-corrected chi connectivity index (χ0v) is 10.1. The molecule has 0 amide bonds. The average molecular weight is 222 g/mol. The highest BCUT2D eigenvalue weighted by Crippen LogP contribution is 2.07. The normalized spacial score (nSPS) is 10.2. The minimum atomic E-state index is -0.345. The summed E-state index contributed by atoms with van der Waals surface area (Å²) in [6.45, 7) is 6.09. The van der Waals surface area contributed by atoms with Gasteiger partial charge in [0.15, 0.2) is 0 Å². The maximum Gasteiger partial charge on any atom is 0.341 e. The highest BCUT2D eigenvalue weighted by molar-refractivity contribution is 5.90. The molecule has 1 aromatic heterocycles. The summed E-state index contributed by atoms with van der Waals surface area (Å²) in [6, 6.07) is 0. The molecule has 0 unspecified atom stereocenters. The minimum absolute atomic E-state index is 0.345. The first-order chi connectivity index (χ1) is 7.69. The van der Waals surface area contributed by atoms with E-state index in [1.54, 1.807) is 13.1 Å². The fourth-order valence-electron chi connectivity index (χ4n) is 1.38. The Morgan fingerprint density at radius 2 is 2.19 bits per heavy atom. The quantitative estimate of drug-likeness (QED) is 0.717. The summed E-state index contributed by atoms with van der Waals surface area (Å²) in [4.78, 5) is 20.0. The van der Waals surface area contributed by atoms with Crippen molar-refractivity contribution in [3.8, 4) is 0 Å². The Labute approximate surface area is 96.1 Å². The molecule has 0 radical (unpaired) electrons. The molecule has 4 nitrogen and oxygen atoms in total. The van der Waals surface area contributed by atoms with E-state index in [2.05, 4.69) is 16.9 Å². The van der Waals surface area contributed by atoms with Gasteiger partial charge in [0.25, 0.3) is 0 Å². The van der Waals surface area contributed by atoms with Crippen LogP contribution in [-0.4, -0.2) is 22.5 Å². The van der Waals surface area contributed by atoms with Gasteiger partial charge in [0, 0.05) is 12.6 Å². The van der Waals surface area contributed by atoms with Crippen LogP contribution in [0.2, 0.25) is 0 Å². The number of aryl methyl sites for hydroxylation is 2. The van der Waals surface area contributed by atoms with Crippen molar-refractivity contribution in [1.29, 1.82) is 0 Å². The van der Waals surface area contributed by atoms with E-state index in [1.165, 1.54) is 0 Å². The van der Waals surface area contributed by atoms with Gasteiger partial charge in [0.1, 0.15) is 5.82 Å². The number of ether oxygens (including phenoxy) is 1. The number of esters is 1. The summed E-state index contributed by atoms with van der Waals surface area (Å²) < 4.78 is 4.91. The first kappa shape index (κ1) is 12.6. The second kappa shape index (κ2) is 6.20. The van der Waals surface area contributed by atoms with Crippen molar-refractivity contribution in [3.05, 3.63) is 23.3 Å². The SMILES string of the molecule is CCCCc1ncc(C(=O)OCC)c(C)n1. The molecule has 1 aromatic rings. The van der Waals surface area contributed by atoms with E-state index in [1.807, 2.05) is 6.92 Å². The highest BCUT2D eigenvalue weighted by Gasteiger charge is 2.12. The van der Waals surface area contributed by atoms with Gasteiger partial charge in [-0.15, -0.1) is 0 Å². The number of nitrogens with zero attached hydrogens (tertiary/aromatic N) is 2. The molecule has 0 saturated heterocycles. The van der Waals surface area contributed by atoms with Crippen molar-refractivity contribution in [3.63, 3.8) is 0 Å². The minimum Gasteiger partial charge on any atom is -0.462 e. The summed E-state index contributed by atoms with van der Waals surface area (Å²) in [5.41, 5.74) is 1.15. The molecule has 0 aliphatic rings. The molecular formula is C12H18N2O2. The Bertz CT molecular complexity index is 364. The lowest BCUT2D eigenvalue weighted by Gasteiger charge is -2.05. The second-order valence-corrected chi connectivity index (χ2v) is 3.61. The Kier molecular flexibility index (Phi) is 4.89. The van der Waals surface area contributed by atoms with Gasteiger partial charge in [-0.25, -0.2) is 14.8 Å². The van der Waals surface area contributed by atoms with Crippen LogP contribution in [0.5, 0.6) is 0 Å². The van der Waals surface area contributed by atoms with Gasteiger partial charge in [-0.3, -0.25) is 0 Å². The molecule has 1 rings (SSSR count). The van der Waals surface area contributed by atoms with E-state index in [0.29, 0.717) is 17.9 Å². The molecule has 88 valence electrons. The van der Waals surface area contributed by atoms with Crippen LogP contribution in [0.1, 0.15) is 48.6 Å². The predicted molar refractivity (Wildman–Crippen MR) is 61.3 cm³/mol. The van der Waals surface area contributed by atoms with Gasteiger partial charge in [-0.05, 0) is 20.3 Å². The van der Waals surface area contributed by atoms with Crippen molar-refractivity contribution < 1.29 is 9.53 Å². The first-order valence-electron chi connectivity index (χ1n) is 5.68. The molecule has 0 N–H and O–H groups in total. The fraction of sp³-hybridized carbons (Fsp3) is 0.583. The van der Waals surface area contributed by atoms with Crippen LogP contribution in [0.4, 0.5) is 0 Å². The molecular weight excluding hydrogens is 204 g/mol. The molecule has 0 aromatic carbocycles. The summed E-state index contributed by atoms with van der Waals surface area (Å²) in [7, 11) is 0. The van der Waals surface area contributed by atoms with Crippen molar-refractivity contribution in [2.45, 2.75) is 40.0 Å². The third-order valence-electron chi connectivity index (χ3n) is 2.28. The van der Waals surface area contributed by atoms with E-state index in [4.69, 9.17) is 4.74 Å². The van der Waals surface area contributed by atoms with Gasteiger partial charge in [0.2, 0.25) is 0 Å². The first-order valence-corrected chi connectivity index (χ1v) is 5.68. The number of rotatable bonds is 5. The molecule has 4 heteroatoms. The molecule has 0 saturated carbocycles. The summed E-state index contributed by atoms with van der Waals surface area (Å²) in [6.07, 6.45) is 4.60. The van der Waals surface area contributed by atoms with Gasteiger partial charge in [-0.1, -0.05) is 13.3 Å². The van der Waals surface area contributed by atoms with E-state index in [0.717, 1.165) is 25.1 Å². The zero-order valence-electron chi connectivity index (χ0n) is 10.1. The average Bonchev–Trinajstić information content (AvgIpc) is 2.26. The number of unbranched alkanes of at least 4 members (excludes halogenated alkanes) is 1. The third kappa shape index (κ3) is 3.29. The molecule has 1 heterocycles. The highest BCUT2D eigenvalue weighted by atomic mass is 16.5. The van der Waals surface area contributed by atoms with E-state index in [9.17, 15) is 4.79 Å². The maximum atomic E-state index is 11.5. The lowest BCUT2D eigenvalue weighted by atomic mass is 10.2. The molecule has 0 aliphatic heterocycles. The predicted octanol–water partition coefficient (Wildman–Crippen LogP) is 2.30. The van der Waals surface area contributed by atoms with E-state index >= 15 is 0 Å². The van der Waals surface area contributed by atoms with Gasteiger partial charge < -0.3 is 4.74 Å². The maximum absolute atomic E-state index is 11.5. The number of aromatic nitrogens is 2. The second-order valence-electron chi connectivity index (χ2n) is 3.61. The van der Waals surface area contributed by atoms with Crippen molar-refractivity contribution in [1.82, 2.24) is 9.97 Å². The largest absolute Gasteiger partial charge is 0.462 e. The molecule has 0 atom stereocenters. The number of hydrogen-bond acceptors (Lipinski definition) is 4. The van der Waals surface area contributed by atoms with Gasteiger partial charge in [0.05, 0.1) is 17.9 Å². The Hall–Kier alpha value is -1.45. The fourth-order valence-corrected chi connectivity index (χ4v) is 1.38. The Balaban J connectivity index is 2.78. The number of carbonyl (C=O) groups excluding carboxylic acids is 1. The Morgan fingerprint density at radius 1 is 1.44 bits per heavy atom. The summed E-state index contributed by atoms with van der Waals surface area (Å²) in [5, 5.41) is 0. The molecule has 0 bridgehead atoms. The third-order valence-corrected chi connectivity index (χ3v) is 2.28. The zero-order chi connectivity index (χ0) is 12.0. The number of hydrogen-bond donors (Lipinski definition) is 0. The lowest BCUT2D eigenvalue weighted by molar-refractivity contribution is 0.0524. The molecule has 0 aliphatic carbocycles. The van der Waals surface area contributed by atoms with Crippen LogP contribution in [0.3, 0.4) is 0 Å². The van der Waals surface area contributed by atoms with E-state index < -0.39 is 0 Å². The summed E-state index contributed by atoms with van der Waals surface area (Å²) >= 11 is 0. The van der Waals surface area contributed by atoms with Crippen molar-refractivity contribution in [2.24, 2.45) is 0 Å². The summed E-state index contributed by atoms with van der Waals surface area (Å²) in [5.74, 6) is 0.453. The topological polar surface area (TPSA) is 52.1 Å². The molecule has 0 spiro atoms. The molecule has 16 heavy (non-hydrogen) atoms. The van der Waals surface area contributed by atoms with Crippen LogP contribution in [0.15, 0.2) is 6.20 Å². The van der Waals surface area contributed by atoms with Crippen LogP contribution < -0.4 is 0 Å². The lowest BCUT2D eigenvalue weighted by Crippen LogP contribution is -2.10. The van der Waals surface area contributed by atoms with Crippen LogP contribution in [0, 0.1) is 6.92 Å². The van der Waals surface area contributed by atoms with Crippen molar-refractivity contribution >= 4 is 5.97 Å². The number of carbonyl (C=O) groups is 1. The monoisotopic (exact) mass is 222 g/mol. The standard InChI is InChI=1S/C12H18N2O2/c1-4-6-7-11-13-8-10(9(3)14-11)12(15)16-5-2/h8H,4-7H2,1-3H3. The van der Waals surface area contributed by atoms with Crippen LogP contribution >= 0.6 is 0 Å². The smallest absolute Gasteiger partial charge is 0.341 e. The van der Waals surface area contributed by atoms with Gasteiger partial charge in [-0.2, -0.15) is 0 Å². The van der Waals surface area contributed by atoms with E-state index in [-0.39, 0.29) is 5.97 Å². The van der Waals surface area contributed by atoms with Crippen LogP contribution in [-0.2, 0) is 11.2 Å².